The summed E-state index contributed by atoms with van der Waals surface area (Å²) >= 11 is 0. The molecule has 2 nitrogen and oxygen atoms in total. The normalized spacial score (nSPS) is 9.46. The summed E-state index contributed by atoms with van der Waals surface area (Å²) in [6.07, 6.45) is 0.750. The van der Waals surface area contributed by atoms with E-state index in [4.69, 9.17) is 9.78 Å². The zero-order valence-electron chi connectivity index (χ0n) is 23.6. The van der Waals surface area contributed by atoms with Gasteiger partial charge in [0.2, 0.25) is 0 Å². The number of para-hydroxylation sites is 1. The molecule has 0 fully saturated rings. The summed E-state index contributed by atoms with van der Waals surface area (Å²) in [5, 5.41) is 1.15. The van der Waals surface area contributed by atoms with Gasteiger partial charge < -0.3 is 4.79 Å². The first-order valence-corrected chi connectivity index (χ1v) is 12.8. The van der Waals surface area contributed by atoms with Gasteiger partial charge in [-0.05, 0) is 73.6 Å². The summed E-state index contributed by atoms with van der Waals surface area (Å²) in [6, 6.07) is 25.9. The Kier molecular flexibility index (Phi) is 15.4. The maximum absolute atomic E-state index is 8.81. The number of hydrogen-bond acceptors (Lipinski definition) is 2. The lowest BCUT2D eigenvalue weighted by Gasteiger charge is -2.13. The van der Waals surface area contributed by atoms with Crippen LogP contribution in [0, 0.1) is 19.8 Å². The average molecular weight is 498 g/mol. The van der Waals surface area contributed by atoms with E-state index in [0.717, 1.165) is 34.4 Å². The Labute approximate surface area is 226 Å². The molecule has 2 heteroatoms. The molecule has 4 rings (SSSR count). The van der Waals surface area contributed by atoms with E-state index in [1.165, 1.54) is 40.3 Å². The van der Waals surface area contributed by atoms with Crippen LogP contribution in [0.3, 0.4) is 0 Å². The molecule has 0 unspecified atom stereocenters. The van der Waals surface area contributed by atoms with E-state index in [1.807, 2.05) is 26.8 Å². The topological polar surface area (TPSA) is 30.0 Å². The van der Waals surface area contributed by atoms with Crippen LogP contribution in [0.4, 0.5) is 0 Å². The van der Waals surface area contributed by atoms with Crippen molar-refractivity contribution in [2.24, 2.45) is 5.92 Å². The number of benzene rings is 3. The third-order valence-electron chi connectivity index (χ3n) is 5.04. The van der Waals surface area contributed by atoms with Crippen LogP contribution in [0.1, 0.15) is 72.7 Å². The molecule has 3 aromatic carbocycles. The van der Waals surface area contributed by atoms with Crippen molar-refractivity contribution in [3.8, 4) is 22.3 Å². The summed E-state index contributed by atoms with van der Waals surface area (Å²) in [7, 11) is 0. The maximum atomic E-state index is 8.81. The van der Waals surface area contributed by atoms with Crippen molar-refractivity contribution >= 4 is 22.8 Å². The van der Waals surface area contributed by atoms with Gasteiger partial charge in [-0.3, -0.25) is 0 Å². The molecule has 0 radical (unpaired) electrons. The Balaban J connectivity index is 0.00000114. The molecule has 0 atom stereocenters. The van der Waals surface area contributed by atoms with Crippen molar-refractivity contribution in [3.05, 3.63) is 96.2 Å². The van der Waals surface area contributed by atoms with E-state index in [2.05, 4.69) is 108 Å². The van der Waals surface area contributed by atoms with E-state index in [-0.39, 0.29) is 7.43 Å². The van der Waals surface area contributed by atoms with Crippen molar-refractivity contribution in [1.82, 2.24) is 4.98 Å². The van der Waals surface area contributed by atoms with Crippen LogP contribution >= 0.6 is 0 Å². The quantitative estimate of drug-likeness (QED) is 0.263. The Morgan fingerprint density at radius 2 is 1.41 bits per heavy atom. The van der Waals surface area contributed by atoms with Crippen molar-refractivity contribution in [2.45, 2.75) is 69.7 Å². The zero-order chi connectivity index (χ0) is 27.3. The van der Waals surface area contributed by atoms with Crippen molar-refractivity contribution in [2.75, 3.05) is 0 Å². The fourth-order valence-electron chi connectivity index (χ4n) is 3.52. The lowest BCUT2D eigenvalue weighted by Crippen LogP contribution is -1.92. The minimum absolute atomic E-state index is 0. The lowest BCUT2D eigenvalue weighted by molar-refractivity contribution is -0.106. The molecular formula is C35H47NO. The molecule has 0 aliphatic carbocycles. The summed E-state index contributed by atoms with van der Waals surface area (Å²) < 4.78 is 0. The fraction of sp³-hybridized carbons (Fsp3) is 0.314. The van der Waals surface area contributed by atoms with Crippen LogP contribution in [0.2, 0.25) is 0 Å². The number of hydrogen-bond donors (Lipinski definition) is 0. The predicted octanol–water partition coefficient (Wildman–Crippen LogP) is 10.7. The highest BCUT2D eigenvalue weighted by Crippen LogP contribution is 2.34. The lowest BCUT2D eigenvalue weighted by atomic mass is 9.93. The molecule has 0 amide bonds. The number of pyridine rings is 1. The molecule has 1 heterocycles. The Morgan fingerprint density at radius 3 is 1.97 bits per heavy atom. The van der Waals surface area contributed by atoms with Gasteiger partial charge in [-0.1, -0.05) is 115 Å². The van der Waals surface area contributed by atoms with E-state index >= 15 is 0 Å². The monoisotopic (exact) mass is 497 g/mol. The molecule has 0 N–H and O–H groups in total. The van der Waals surface area contributed by atoms with Crippen LogP contribution < -0.4 is 0 Å². The van der Waals surface area contributed by atoms with E-state index in [0.29, 0.717) is 0 Å². The number of aldehydes is 1. The molecule has 0 saturated heterocycles. The molecule has 0 saturated carbocycles. The first kappa shape index (κ1) is 33.5. The minimum atomic E-state index is 0. The van der Waals surface area contributed by atoms with Crippen molar-refractivity contribution in [1.29, 1.82) is 0 Å². The third-order valence-corrected chi connectivity index (χ3v) is 5.04. The smallest absolute Gasteiger partial charge is 0.116 e. The first-order valence-electron chi connectivity index (χ1n) is 12.8. The number of aryl methyl sites for hydroxylation is 2. The number of allylic oxidation sites excluding steroid dienone is 1. The standard InChI is InChI=1S/C26H23N.C4H10.C2H4O.C2H6.CH4/c1-17(2)25-14-13-20-8-6-10-23(26(20)27-25)24-16-22(12-11-19(24)4)21-9-5-7-18(3)15-21;1-4(2)3;1-2-3;1-2;/h5-16H,1H2,2-4H3;4H,1-3H3;2H,1H3;1-2H3;1H4. The van der Waals surface area contributed by atoms with Gasteiger partial charge in [-0.25, -0.2) is 4.98 Å². The molecule has 0 spiro atoms. The highest BCUT2D eigenvalue weighted by Gasteiger charge is 2.11. The van der Waals surface area contributed by atoms with E-state index < -0.39 is 0 Å². The first-order chi connectivity index (χ1) is 17.2. The number of nitrogens with zero attached hydrogens (tertiary/aromatic N) is 1. The van der Waals surface area contributed by atoms with Crippen molar-refractivity contribution in [3.63, 3.8) is 0 Å². The van der Waals surface area contributed by atoms with E-state index in [1.54, 1.807) is 0 Å². The Hall–Kier alpha value is -3.52. The van der Waals surface area contributed by atoms with Crippen LogP contribution in [0.15, 0.2) is 79.4 Å². The van der Waals surface area contributed by atoms with Gasteiger partial charge in [0.15, 0.2) is 0 Å². The highest BCUT2D eigenvalue weighted by molar-refractivity contribution is 5.96. The average Bonchev–Trinajstić information content (AvgIpc) is 2.85. The van der Waals surface area contributed by atoms with Gasteiger partial charge in [-0.15, -0.1) is 0 Å². The van der Waals surface area contributed by atoms with Gasteiger partial charge in [-0.2, -0.15) is 0 Å². The molecule has 37 heavy (non-hydrogen) atoms. The Morgan fingerprint density at radius 1 is 0.838 bits per heavy atom. The summed E-state index contributed by atoms with van der Waals surface area (Å²) in [4.78, 5) is 13.7. The molecule has 4 aromatic rings. The number of aromatic nitrogens is 1. The van der Waals surface area contributed by atoms with Crippen LogP contribution in [-0.4, -0.2) is 11.3 Å². The third kappa shape index (κ3) is 10.2. The summed E-state index contributed by atoms with van der Waals surface area (Å²) in [5.74, 6) is 0.833. The number of carbonyl (C=O) groups excluding carboxylic acids is 1. The van der Waals surface area contributed by atoms with Crippen molar-refractivity contribution < 1.29 is 4.79 Å². The SMILES string of the molecule is C.C=C(C)c1ccc2cccc(-c3cc(-c4cccc(C)c4)ccc3C)c2n1.CC.CC(C)C.CC=O. The maximum Gasteiger partial charge on any atom is 0.116 e. The zero-order valence-corrected chi connectivity index (χ0v) is 23.6. The van der Waals surface area contributed by atoms with Gasteiger partial charge in [0.05, 0.1) is 11.2 Å². The molecule has 0 aliphatic heterocycles. The summed E-state index contributed by atoms with van der Waals surface area (Å²) in [5.41, 5.74) is 10.4. The van der Waals surface area contributed by atoms with Gasteiger partial charge >= 0.3 is 0 Å². The second-order valence-corrected chi connectivity index (χ2v) is 9.22. The largest absolute Gasteiger partial charge is 0.304 e. The Bertz CT molecular complexity index is 1260. The molecule has 0 aliphatic rings. The van der Waals surface area contributed by atoms with Crippen LogP contribution in [0.5, 0.6) is 0 Å². The molecule has 0 bridgehead atoms. The second-order valence-electron chi connectivity index (χ2n) is 9.22. The second kappa shape index (κ2) is 17.0. The molecule has 198 valence electrons. The van der Waals surface area contributed by atoms with Gasteiger partial charge in [0.1, 0.15) is 6.29 Å². The van der Waals surface area contributed by atoms with Crippen LogP contribution in [0.25, 0.3) is 38.7 Å². The number of carbonyl (C=O) groups is 1. The minimum Gasteiger partial charge on any atom is -0.304 e. The van der Waals surface area contributed by atoms with Crippen LogP contribution in [-0.2, 0) is 4.79 Å². The predicted molar refractivity (Wildman–Crippen MR) is 167 cm³/mol. The highest BCUT2D eigenvalue weighted by atomic mass is 16.1. The number of rotatable bonds is 3. The van der Waals surface area contributed by atoms with Gasteiger partial charge in [0.25, 0.3) is 0 Å². The fourth-order valence-corrected chi connectivity index (χ4v) is 3.52. The molecular weight excluding hydrogens is 450 g/mol. The summed E-state index contributed by atoms with van der Waals surface area (Å²) in [6.45, 7) is 22.3. The number of fused-ring (bicyclic) bond motifs is 1. The van der Waals surface area contributed by atoms with E-state index in [9.17, 15) is 0 Å². The van der Waals surface area contributed by atoms with Gasteiger partial charge in [0, 0.05) is 10.9 Å². The molecule has 1 aromatic heterocycles.